The molecule has 0 heterocycles. The second kappa shape index (κ2) is 6.27. The summed E-state index contributed by atoms with van der Waals surface area (Å²) in [5, 5.41) is 8.80. The van der Waals surface area contributed by atoms with Gasteiger partial charge in [-0.2, -0.15) is 5.26 Å². The molecule has 0 aliphatic heterocycles. The Kier molecular flexibility index (Phi) is 4.44. The van der Waals surface area contributed by atoms with E-state index in [-0.39, 0.29) is 11.4 Å². The Morgan fingerprint density at radius 3 is 2.25 bits per heavy atom. The minimum Gasteiger partial charge on any atom is -0.298 e. The second-order valence-electron chi connectivity index (χ2n) is 4.72. The molecule has 0 radical (unpaired) electrons. The van der Waals surface area contributed by atoms with Crippen LogP contribution in [0.2, 0.25) is 0 Å². The highest BCUT2D eigenvalue weighted by Crippen LogP contribution is 2.13. The maximum absolute atomic E-state index is 13.2. The van der Waals surface area contributed by atoms with Gasteiger partial charge in [0.25, 0.3) is 0 Å². The molecule has 0 amide bonds. The van der Waals surface area contributed by atoms with Gasteiger partial charge in [0.05, 0.1) is 5.56 Å². The second-order valence-corrected chi connectivity index (χ2v) is 4.72. The third-order valence-electron chi connectivity index (χ3n) is 2.97. The van der Waals surface area contributed by atoms with Crippen LogP contribution in [0.4, 0.5) is 8.78 Å². The molecule has 0 saturated heterocycles. The summed E-state index contributed by atoms with van der Waals surface area (Å²) >= 11 is 0. The van der Waals surface area contributed by atoms with Crippen molar-refractivity contribution in [1.29, 1.82) is 5.26 Å². The van der Waals surface area contributed by atoms with Crippen LogP contribution >= 0.6 is 0 Å². The highest BCUT2D eigenvalue weighted by molar-refractivity contribution is 5.34. The molecule has 0 aliphatic carbocycles. The monoisotopic (exact) mass is 272 g/mol. The van der Waals surface area contributed by atoms with Crippen molar-refractivity contribution in [1.82, 2.24) is 4.90 Å². The largest absolute Gasteiger partial charge is 0.298 e. The van der Waals surface area contributed by atoms with Crippen LogP contribution < -0.4 is 0 Å². The Bertz CT molecular complexity index is 630. The zero-order valence-corrected chi connectivity index (χ0v) is 11.1. The van der Waals surface area contributed by atoms with E-state index in [1.54, 1.807) is 24.3 Å². The smallest absolute Gasteiger partial charge is 0.140 e. The lowest BCUT2D eigenvalue weighted by Crippen LogP contribution is -2.17. The molecule has 0 N–H and O–H groups in total. The predicted molar refractivity (Wildman–Crippen MR) is 72.7 cm³/mol. The van der Waals surface area contributed by atoms with Gasteiger partial charge in [-0.1, -0.05) is 18.2 Å². The molecule has 0 saturated carbocycles. The minimum absolute atomic E-state index is 0.0534. The fourth-order valence-electron chi connectivity index (χ4n) is 2.03. The molecular formula is C16H14F2N2. The molecule has 0 bridgehead atoms. The molecule has 2 aromatic carbocycles. The van der Waals surface area contributed by atoms with Crippen molar-refractivity contribution in [3.05, 3.63) is 70.8 Å². The van der Waals surface area contributed by atoms with E-state index in [1.807, 2.05) is 18.0 Å². The van der Waals surface area contributed by atoms with Crippen LogP contribution in [-0.2, 0) is 13.1 Å². The molecule has 20 heavy (non-hydrogen) atoms. The van der Waals surface area contributed by atoms with Crippen LogP contribution in [0.5, 0.6) is 0 Å². The van der Waals surface area contributed by atoms with Crippen molar-refractivity contribution < 1.29 is 8.78 Å². The number of hydrogen-bond acceptors (Lipinski definition) is 2. The minimum atomic E-state index is -0.502. The van der Waals surface area contributed by atoms with Gasteiger partial charge < -0.3 is 0 Å². The molecule has 102 valence electrons. The van der Waals surface area contributed by atoms with E-state index in [1.165, 1.54) is 18.2 Å². The van der Waals surface area contributed by atoms with Crippen LogP contribution in [0.1, 0.15) is 16.7 Å². The number of benzene rings is 2. The van der Waals surface area contributed by atoms with Crippen molar-refractivity contribution in [2.75, 3.05) is 7.05 Å². The Morgan fingerprint density at radius 1 is 1.00 bits per heavy atom. The van der Waals surface area contributed by atoms with Gasteiger partial charge in [-0.15, -0.1) is 0 Å². The van der Waals surface area contributed by atoms with E-state index >= 15 is 0 Å². The number of rotatable bonds is 4. The van der Waals surface area contributed by atoms with Crippen LogP contribution in [0.15, 0.2) is 42.5 Å². The lowest BCUT2D eigenvalue weighted by atomic mass is 10.1. The normalized spacial score (nSPS) is 10.6. The van der Waals surface area contributed by atoms with Crippen molar-refractivity contribution >= 4 is 0 Å². The van der Waals surface area contributed by atoms with E-state index in [9.17, 15) is 8.78 Å². The van der Waals surface area contributed by atoms with Crippen molar-refractivity contribution in [2.45, 2.75) is 13.1 Å². The molecular weight excluding hydrogens is 258 g/mol. The topological polar surface area (TPSA) is 27.0 Å². The molecule has 0 unspecified atom stereocenters. The van der Waals surface area contributed by atoms with Crippen LogP contribution in [0, 0.1) is 23.0 Å². The molecule has 2 rings (SSSR count). The van der Waals surface area contributed by atoms with Crippen molar-refractivity contribution in [3.8, 4) is 6.07 Å². The molecule has 0 aliphatic rings. The summed E-state index contributed by atoms with van der Waals surface area (Å²) in [6.07, 6.45) is 0. The first-order chi connectivity index (χ1) is 9.58. The lowest BCUT2D eigenvalue weighted by molar-refractivity contribution is 0.319. The van der Waals surface area contributed by atoms with E-state index in [2.05, 4.69) is 0 Å². The summed E-state index contributed by atoms with van der Waals surface area (Å²) < 4.78 is 26.0. The average molecular weight is 272 g/mol. The third kappa shape index (κ3) is 3.62. The highest BCUT2D eigenvalue weighted by Gasteiger charge is 2.06. The van der Waals surface area contributed by atoms with Crippen molar-refractivity contribution in [3.63, 3.8) is 0 Å². The predicted octanol–water partition coefficient (Wildman–Crippen LogP) is 3.47. The number of hydrogen-bond donors (Lipinski definition) is 0. The fourth-order valence-corrected chi connectivity index (χ4v) is 2.03. The van der Waals surface area contributed by atoms with E-state index in [0.717, 1.165) is 11.1 Å². The Labute approximate surface area is 116 Å². The summed E-state index contributed by atoms with van der Waals surface area (Å²) in [7, 11) is 1.92. The molecule has 0 fully saturated rings. The lowest BCUT2D eigenvalue weighted by Gasteiger charge is -2.17. The van der Waals surface area contributed by atoms with E-state index in [4.69, 9.17) is 5.26 Å². The SMILES string of the molecule is CN(Cc1ccc(F)cc1)Cc1ccc(F)c(C#N)c1. The van der Waals surface area contributed by atoms with Gasteiger partial charge in [0.15, 0.2) is 0 Å². The summed E-state index contributed by atoms with van der Waals surface area (Å²) in [4.78, 5) is 2.02. The zero-order chi connectivity index (χ0) is 14.5. The standard InChI is InChI=1S/C16H14F2N2/c1-20(10-12-2-5-15(17)6-3-12)11-13-4-7-16(18)14(8-13)9-19/h2-8H,10-11H2,1H3. The molecule has 0 spiro atoms. The van der Waals surface area contributed by atoms with Gasteiger partial charge in [-0.3, -0.25) is 4.90 Å². The van der Waals surface area contributed by atoms with Gasteiger partial charge in [-0.25, -0.2) is 8.78 Å². The van der Waals surface area contributed by atoms with E-state index < -0.39 is 5.82 Å². The third-order valence-corrected chi connectivity index (χ3v) is 2.97. The molecule has 0 atom stereocenters. The Balaban J connectivity index is 2.03. The Morgan fingerprint density at radius 2 is 1.60 bits per heavy atom. The van der Waals surface area contributed by atoms with Crippen LogP contribution in [-0.4, -0.2) is 11.9 Å². The first-order valence-electron chi connectivity index (χ1n) is 6.20. The highest BCUT2D eigenvalue weighted by atomic mass is 19.1. The first kappa shape index (κ1) is 14.2. The summed E-state index contributed by atoms with van der Waals surface area (Å²) in [6.45, 7) is 1.24. The first-order valence-corrected chi connectivity index (χ1v) is 6.20. The molecule has 2 aromatic rings. The average Bonchev–Trinajstić information content (AvgIpc) is 2.43. The maximum atomic E-state index is 13.2. The van der Waals surface area contributed by atoms with Crippen LogP contribution in [0.3, 0.4) is 0 Å². The van der Waals surface area contributed by atoms with Gasteiger partial charge in [0, 0.05) is 13.1 Å². The number of nitrogens with zero attached hydrogens (tertiary/aromatic N) is 2. The van der Waals surface area contributed by atoms with Gasteiger partial charge >= 0.3 is 0 Å². The van der Waals surface area contributed by atoms with Gasteiger partial charge in [-0.05, 0) is 42.4 Å². The number of nitriles is 1. The summed E-state index contributed by atoms with van der Waals surface area (Å²) in [5.41, 5.74) is 1.92. The quantitative estimate of drug-likeness (QED) is 0.852. The van der Waals surface area contributed by atoms with Gasteiger partial charge in [0.2, 0.25) is 0 Å². The molecule has 4 heteroatoms. The fraction of sp³-hybridized carbons (Fsp3) is 0.188. The van der Waals surface area contributed by atoms with Gasteiger partial charge in [0.1, 0.15) is 17.7 Å². The number of halogens is 2. The summed E-state index contributed by atoms with van der Waals surface area (Å²) in [5.74, 6) is -0.758. The van der Waals surface area contributed by atoms with Crippen LogP contribution in [0.25, 0.3) is 0 Å². The van der Waals surface area contributed by atoms with Crippen molar-refractivity contribution in [2.24, 2.45) is 0 Å². The molecule has 0 aromatic heterocycles. The van der Waals surface area contributed by atoms with E-state index in [0.29, 0.717) is 13.1 Å². The Hall–Kier alpha value is -2.25. The zero-order valence-electron chi connectivity index (χ0n) is 11.1. The summed E-state index contributed by atoms with van der Waals surface area (Å²) in [6, 6.07) is 12.7. The molecule has 2 nitrogen and oxygen atoms in total. The maximum Gasteiger partial charge on any atom is 0.140 e.